The predicted octanol–water partition coefficient (Wildman–Crippen LogP) is 2.22. The summed E-state index contributed by atoms with van der Waals surface area (Å²) in [5, 5.41) is 3.99. The van der Waals surface area contributed by atoms with Crippen molar-refractivity contribution in [2.24, 2.45) is 0 Å². The van der Waals surface area contributed by atoms with Gasteiger partial charge in [0.15, 0.2) is 0 Å². The standard InChI is InChI=1S/C19H17FN2O5/c1-11-9-13(20)4-3-12(11)10-26-14-5-7-15(8-6-14)27-19(2)16(23)21-18(25)22-17(19)24/h3-9H,10H2,1-2H3,(H2,21,22,23,24,25). The fourth-order valence-electron chi connectivity index (χ4n) is 2.49. The highest BCUT2D eigenvalue weighted by atomic mass is 19.1. The highest BCUT2D eigenvalue weighted by Gasteiger charge is 2.48. The maximum Gasteiger partial charge on any atom is 0.328 e. The molecule has 3 rings (SSSR count). The molecule has 27 heavy (non-hydrogen) atoms. The van der Waals surface area contributed by atoms with Gasteiger partial charge in [-0.2, -0.15) is 0 Å². The number of carbonyl (C=O) groups is 3. The predicted molar refractivity (Wildman–Crippen MR) is 92.6 cm³/mol. The number of imide groups is 2. The van der Waals surface area contributed by atoms with Gasteiger partial charge in [-0.15, -0.1) is 0 Å². The zero-order valence-electron chi connectivity index (χ0n) is 14.7. The zero-order valence-corrected chi connectivity index (χ0v) is 14.7. The van der Waals surface area contributed by atoms with E-state index in [0.717, 1.165) is 11.1 Å². The van der Waals surface area contributed by atoms with Crippen molar-refractivity contribution in [2.75, 3.05) is 0 Å². The Morgan fingerprint density at radius 2 is 1.56 bits per heavy atom. The monoisotopic (exact) mass is 372 g/mol. The van der Waals surface area contributed by atoms with E-state index in [1.54, 1.807) is 25.1 Å². The van der Waals surface area contributed by atoms with Gasteiger partial charge in [0, 0.05) is 0 Å². The number of amides is 4. The first kappa shape index (κ1) is 18.4. The van der Waals surface area contributed by atoms with Crippen LogP contribution in [0, 0.1) is 12.7 Å². The van der Waals surface area contributed by atoms with Crippen LogP contribution in [0.3, 0.4) is 0 Å². The third kappa shape index (κ3) is 3.89. The van der Waals surface area contributed by atoms with Crippen LogP contribution in [0.25, 0.3) is 0 Å². The molecule has 1 heterocycles. The fourth-order valence-corrected chi connectivity index (χ4v) is 2.49. The van der Waals surface area contributed by atoms with Crippen molar-refractivity contribution < 1.29 is 28.2 Å². The maximum absolute atomic E-state index is 13.1. The van der Waals surface area contributed by atoms with Gasteiger partial charge in [-0.3, -0.25) is 20.2 Å². The summed E-state index contributed by atoms with van der Waals surface area (Å²) < 4.78 is 24.3. The molecule has 2 aromatic carbocycles. The number of barbiturate groups is 1. The number of nitrogens with one attached hydrogen (secondary N) is 2. The first-order valence-corrected chi connectivity index (χ1v) is 8.12. The van der Waals surface area contributed by atoms with Crippen molar-refractivity contribution in [3.63, 3.8) is 0 Å². The molecule has 2 N–H and O–H groups in total. The summed E-state index contributed by atoms with van der Waals surface area (Å²) in [5.41, 5.74) is -0.224. The quantitative estimate of drug-likeness (QED) is 0.785. The molecule has 1 fully saturated rings. The second-order valence-corrected chi connectivity index (χ2v) is 6.20. The van der Waals surface area contributed by atoms with Crippen LogP contribution in [0.1, 0.15) is 18.1 Å². The lowest BCUT2D eigenvalue weighted by Crippen LogP contribution is -2.67. The van der Waals surface area contributed by atoms with Gasteiger partial charge in [0.2, 0.25) is 0 Å². The largest absolute Gasteiger partial charge is 0.489 e. The molecule has 8 heteroatoms. The first-order chi connectivity index (χ1) is 12.8. The van der Waals surface area contributed by atoms with Gasteiger partial charge in [-0.1, -0.05) is 6.07 Å². The molecule has 1 saturated heterocycles. The number of halogens is 1. The number of hydrogen-bond acceptors (Lipinski definition) is 5. The van der Waals surface area contributed by atoms with Crippen molar-refractivity contribution in [2.45, 2.75) is 26.1 Å². The summed E-state index contributed by atoms with van der Waals surface area (Å²) in [6.45, 7) is 3.33. The van der Waals surface area contributed by atoms with Crippen LogP contribution in [0.2, 0.25) is 0 Å². The number of rotatable bonds is 5. The Balaban J connectivity index is 1.66. The Labute approximate surface area is 154 Å². The first-order valence-electron chi connectivity index (χ1n) is 8.12. The fraction of sp³-hybridized carbons (Fsp3) is 0.211. The highest BCUT2D eigenvalue weighted by molar-refractivity contribution is 6.21. The van der Waals surface area contributed by atoms with Crippen LogP contribution in [-0.4, -0.2) is 23.4 Å². The molecule has 0 bridgehead atoms. The molecule has 0 aliphatic carbocycles. The van der Waals surface area contributed by atoms with Gasteiger partial charge >= 0.3 is 6.03 Å². The Hall–Kier alpha value is -3.42. The molecule has 1 aliphatic rings. The van der Waals surface area contributed by atoms with Crippen LogP contribution in [0.5, 0.6) is 11.5 Å². The minimum atomic E-state index is -1.86. The molecule has 7 nitrogen and oxygen atoms in total. The average molecular weight is 372 g/mol. The van der Waals surface area contributed by atoms with Gasteiger partial charge < -0.3 is 9.47 Å². The second-order valence-electron chi connectivity index (χ2n) is 6.20. The van der Waals surface area contributed by atoms with Crippen LogP contribution >= 0.6 is 0 Å². The van der Waals surface area contributed by atoms with Crippen molar-refractivity contribution >= 4 is 17.8 Å². The Morgan fingerprint density at radius 1 is 0.963 bits per heavy atom. The van der Waals surface area contributed by atoms with Gasteiger partial charge in [-0.05, 0) is 61.4 Å². The summed E-state index contributed by atoms with van der Waals surface area (Å²) in [6, 6.07) is 9.87. The summed E-state index contributed by atoms with van der Waals surface area (Å²) in [7, 11) is 0. The molecule has 0 aromatic heterocycles. The number of urea groups is 1. The normalized spacial score (nSPS) is 15.7. The van der Waals surface area contributed by atoms with E-state index in [-0.39, 0.29) is 18.2 Å². The smallest absolute Gasteiger partial charge is 0.328 e. The van der Waals surface area contributed by atoms with Gasteiger partial charge in [0.25, 0.3) is 17.4 Å². The summed E-state index contributed by atoms with van der Waals surface area (Å²) in [6.07, 6.45) is 0. The molecule has 0 unspecified atom stereocenters. The molecule has 1 aliphatic heterocycles. The number of benzene rings is 2. The summed E-state index contributed by atoms with van der Waals surface area (Å²) in [5.74, 6) is -1.21. The molecule has 0 radical (unpaired) electrons. The third-order valence-corrected chi connectivity index (χ3v) is 4.17. The molecular formula is C19H17FN2O5. The molecule has 0 spiro atoms. The molecule has 4 amide bonds. The second kappa shape index (κ2) is 7.06. The molecular weight excluding hydrogens is 355 g/mol. The van der Waals surface area contributed by atoms with Crippen LogP contribution in [-0.2, 0) is 16.2 Å². The van der Waals surface area contributed by atoms with Gasteiger partial charge in [-0.25, -0.2) is 9.18 Å². The minimum absolute atomic E-state index is 0.252. The number of aryl methyl sites for hydroxylation is 1. The lowest BCUT2D eigenvalue weighted by atomic mass is 10.0. The molecule has 0 atom stereocenters. The summed E-state index contributed by atoms with van der Waals surface area (Å²) in [4.78, 5) is 35.1. The number of hydrogen-bond donors (Lipinski definition) is 2. The van der Waals surface area contributed by atoms with Crippen molar-refractivity contribution in [3.8, 4) is 11.5 Å². The van der Waals surface area contributed by atoms with E-state index < -0.39 is 23.4 Å². The molecule has 2 aromatic rings. The Kier molecular flexibility index (Phi) is 4.81. The summed E-state index contributed by atoms with van der Waals surface area (Å²) >= 11 is 0. The van der Waals surface area contributed by atoms with Gasteiger partial charge in [0.1, 0.15) is 23.9 Å². The number of carbonyl (C=O) groups excluding carboxylic acids is 3. The van der Waals surface area contributed by atoms with E-state index in [4.69, 9.17) is 9.47 Å². The van der Waals surface area contributed by atoms with E-state index in [9.17, 15) is 18.8 Å². The van der Waals surface area contributed by atoms with E-state index in [1.807, 2.05) is 10.6 Å². The van der Waals surface area contributed by atoms with Crippen LogP contribution < -0.4 is 20.1 Å². The molecule has 140 valence electrons. The lowest BCUT2D eigenvalue weighted by molar-refractivity contribution is -0.149. The molecule has 0 saturated carbocycles. The van der Waals surface area contributed by atoms with Gasteiger partial charge in [0.05, 0.1) is 0 Å². The van der Waals surface area contributed by atoms with Crippen molar-refractivity contribution in [1.29, 1.82) is 0 Å². The van der Waals surface area contributed by atoms with Crippen LogP contribution in [0.15, 0.2) is 42.5 Å². The average Bonchev–Trinajstić information content (AvgIpc) is 2.60. The van der Waals surface area contributed by atoms with E-state index >= 15 is 0 Å². The Bertz CT molecular complexity index is 891. The van der Waals surface area contributed by atoms with Crippen molar-refractivity contribution in [3.05, 3.63) is 59.4 Å². The third-order valence-electron chi connectivity index (χ3n) is 4.17. The maximum atomic E-state index is 13.1. The number of ether oxygens (including phenoxy) is 2. The van der Waals surface area contributed by atoms with Crippen molar-refractivity contribution in [1.82, 2.24) is 10.6 Å². The minimum Gasteiger partial charge on any atom is -0.489 e. The lowest BCUT2D eigenvalue weighted by Gasteiger charge is -2.30. The highest BCUT2D eigenvalue weighted by Crippen LogP contribution is 2.24. The van der Waals surface area contributed by atoms with Crippen LogP contribution in [0.4, 0.5) is 9.18 Å². The van der Waals surface area contributed by atoms with E-state index in [0.29, 0.717) is 5.75 Å². The SMILES string of the molecule is Cc1cc(F)ccc1COc1ccc(OC2(C)C(=O)NC(=O)NC2=O)cc1. The van der Waals surface area contributed by atoms with E-state index in [2.05, 4.69) is 0 Å². The van der Waals surface area contributed by atoms with E-state index in [1.165, 1.54) is 31.2 Å². The zero-order chi connectivity index (χ0) is 19.6. The topological polar surface area (TPSA) is 93.7 Å². The Morgan fingerprint density at radius 3 is 2.15 bits per heavy atom.